The van der Waals surface area contributed by atoms with Crippen LogP contribution in [0.2, 0.25) is 0 Å². The molecule has 1 fully saturated rings. The van der Waals surface area contributed by atoms with Crippen LogP contribution in [-0.4, -0.2) is 70.6 Å². The van der Waals surface area contributed by atoms with Crippen LogP contribution in [0.15, 0.2) is 41.3 Å². The summed E-state index contributed by atoms with van der Waals surface area (Å²) >= 11 is 0. The number of benzene rings is 2. The second-order valence-corrected chi connectivity index (χ2v) is 9.73. The Morgan fingerprint density at radius 3 is 2.38 bits per heavy atom. The molecule has 8 nitrogen and oxygen atoms in total. The molecule has 0 unspecified atom stereocenters. The molecule has 2 amide bonds. The predicted octanol–water partition coefficient (Wildman–Crippen LogP) is 2.58. The zero-order valence-corrected chi connectivity index (χ0v) is 19.9. The van der Waals surface area contributed by atoms with E-state index in [0.29, 0.717) is 42.4 Å². The molecule has 0 atom stereocenters. The number of amides is 2. The Kier molecular flexibility index (Phi) is 7.63. The molecule has 1 saturated heterocycles. The minimum Gasteiger partial charge on any atom is -0.497 e. The maximum atomic E-state index is 13.1. The highest BCUT2D eigenvalue weighted by Gasteiger charge is 2.31. The number of piperazine rings is 1. The van der Waals surface area contributed by atoms with Gasteiger partial charge in [0.05, 0.1) is 19.1 Å². The first-order chi connectivity index (χ1) is 15.3. The molecule has 174 valence electrons. The number of ether oxygens (including phenoxy) is 2. The van der Waals surface area contributed by atoms with E-state index in [1.54, 1.807) is 32.1 Å². The number of nitrogens with zero attached hydrogens (tertiary/aromatic N) is 2. The molecular formula is C23H31N3O5S. The number of aryl methyl sites for hydroxylation is 2. The van der Waals surface area contributed by atoms with E-state index in [0.717, 1.165) is 16.7 Å². The van der Waals surface area contributed by atoms with Gasteiger partial charge in [-0.1, -0.05) is 18.2 Å². The molecule has 0 aromatic heterocycles. The molecule has 1 aliphatic heterocycles. The van der Waals surface area contributed by atoms with Gasteiger partial charge in [-0.2, -0.15) is 4.31 Å². The Bertz CT molecular complexity index is 1060. The molecule has 0 radical (unpaired) electrons. The fourth-order valence-electron chi connectivity index (χ4n) is 3.73. The average Bonchev–Trinajstić information content (AvgIpc) is 2.80. The summed E-state index contributed by atoms with van der Waals surface area (Å²) in [5.74, 6) is 1.42. The van der Waals surface area contributed by atoms with Crippen LogP contribution < -0.4 is 14.8 Å². The van der Waals surface area contributed by atoms with Crippen molar-refractivity contribution in [2.75, 3.05) is 46.9 Å². The van der Waals surface area contributed by atoms with Crippen LogP contribution in [0, 0.1) is 13.8 Å². The lowest BCUT2D eigenvalue weighted by atomic mass is 10.1. The van der Waals surface area contributed by atoms with Crippen molar-refractivity contribution in [3.05, 3.63) is 53.1 Å². The number of hydrogen-bond donors (Lipinski definition) is 1. The lowest BCUT2D eigenvalue weighted by molar-refractivity contribution is 0.172. The van der Waals surface area contributed by atoms with Gasteiger partial charge < -0.3 is 19.7 Å². The normalized spacial score (nSPS) is 14.8. The summed E-state index contributed by atoms with van der Waals surface area (Å²) in [6.45, 7) is 5.37. The molecule has 1 N–H and O–H groups in total. The molecule has 2 aromatic carbocycles. The van der Waals surface area contributed by atoms with Crippen LogP contribution in [0.1, 0.15) is 16.7 Å². The largest absolute Gasteiger partial charge is 0.497 e. The molecule has 1 aliphatic rings. The minimum atomic E-state index is -3.58. The summed E-state index contributed by atoms with van der Waals surface area (Å²) in [6, 6.07) is 10.8. The average molecular weight is 462 g/mol. The number of urea groups is 1. The number of carbonyl (C=O) groups is 1. The van der Waals surface area contributed by atoms with Crippen molar-refractivity contribution < 1.29 is 22.7 Å². The van der Waals surface area contributed by atoms with E-state index in [4.69, 9.17) is 9.47 Å². The number of methoxy groups -OCH3 is 2. The van der Waals surface area contributed by atoms with Crippen molar-refractivity contribution in [2.45, 2.75) is 25.2 Å². The van der Waals surface area contributed by atoms with Gasteiger partial charge >= 0.3 is 6.03 Å². The van der Waals surface area contributed by atoms with Gasteiger partial charge in [-0.05, 0) is 49.1 Å². The van der Waals surface area contributed by atoms with Crippen molar-refractivity contribution in [3.8, 4) is 11.5 Å². The molecule has 0 bridgehead atoms. The zero-order chi connectivity index (χ0) is 23.3. The molecular weight excluding hydrogens is 430 g/mol. The van der Waals surface area contributed by atoms with E-state index in [1.165, 1.54) is 4.31 Å². The Labute approximate surface area is 190 Å². The first-order valence-electron chi connectivity index (χ1n) is 10.6. The van der Waals surface area contributed by atoms with Crippen LogP contribution in [0.5, 0.6) is 11.5 Å². The second kappa shape index (κ2) is 10.2. The Morgan fingerprint density at radius 2 is 1.72 bits per heavy atom. The fraction of sp³-hybridized carbons (Fsp3) is 0.435. The molecule has 0 spiro atoms. The van der Waals surface area contributed by atoms with Gasteiger partial charge in [0.2, 0.25) is 10.0 Å². The second-order valence-electron chi connectivity index (χ2n) is 7.82. The van der Waals surface area contributed by atoms with Gasteiger partial charge in [0.1, 0.15) is 11.5 Å². The van der Waals surface area contributed by atoms with Crippen molar-refractivity contribution >= 4 is 16.1 Å². The van der Waals surface area contributed by atoms with Crippen molar-refractivity contribution in [1.29, 1.82) is 0 Å². The highest BCUT2D eigenvalue weighted by Crippen LogP contribution is 2.25. The molecule has 2 aromatic rings. The summed E-state index contributed by atoms with van der Waals surface area (Å²) in [5, 5.41) is 2.91. The first kappa shape index (κ1) is 23.9. The van der Waals surface area contributed by atoms with E-state index in [2.05, 4.69) is 5.32 Å². The topological polar surface area (TPSA) is 88.2 Å². The van der Waals surface area contributed by atoms with E-state index in [1.807, 2.05) is 37.3 Å². The van der Waals surface area contributed by atoms with Gasteiger partial charge in [0, 0.05) is 38.8 Å². The summed E-state index contributed by atoms with van der Waals surface area (Å²) in [7, 11) is -0.381. The maximum Gasteiger partial charge on any atom is 0.317 e. The van der Waals surface area contributed by atoms with Crippen LogP contribution in [-0.2, 0) is 16.4 Å². The lowest BCUT2D eigenvalue weighted by Gasteiger charge is -2.34. The highest BCUT2D eigenvalue weighted by atomic mass is 32.2. The smallest absolute Gasteiger partial charge is 0.317 e. The lowest BCUT2D eigenvalue weighted by Crippen LogP contribution is -2.53. The van der Waals surface area contributed by atoms with E-state index in [9.17, 15) is 13.2 Å². The van der Waals surface area contributed by atoms with Crippen LogP contribution in [0.25, 0.3) is 0 Å². The quantitative estimate of drug-likeness (QED) is 0.685. The summed E-state index contributed by atoms with van der Waals surface area (Å²) in [4.78, 5) is 14.6. The SMILES string of the molecule is COc1ccc(CCNC(=O)N2CCN(S(=O)(=O)c3cc(C)ccc3C)CC2)c(OC)c1. The van der Waals surface area contributed by atoms with Crippen molar-refractivity contribution in [3.63, 3.8) is 0 Å². The monoisotopic (exact) mass is 461 g/mol. The Hall–Kier alpha value is -2.78. The summed E-state index contributed by atoms with van der Waals surface area (Å²) < 4.78 is 38.2. The third kappa shape index (κ3) is 5.34. The molecule has 3 rings (SSSR count). The van der Waals surface area contributed by atoms with E-state index >= 15 is 0 Å². The standard InChI is InChI=1S/C23H31N3O5S/c1-17-5-6-18(2)22(15-17)32(28,29)26-13-11-25(12-14-26)23(27)24-10-9-19-7-8-20(30-3)16-21(19)31-4/h5-8,15-16H,9-14H2,1-4H3,(H,24,27). The Morgan fingerprint density at radius 1 is 1.00 bits per heavy atom. The summed E-state index contributed by atoms with van der Waals surface area (Å²) in [5.41, 5.74) is 2.60. The molecule has 32 heavy (non-hydrogen) atoms. The Balaban J connectivity index is 1.53. The van der Waals surface area contributed by atoms with Gasteiger partial charge in [0.15, 0.2) is 0 Å². The fourth-order valence-corrected chi connectivity index (χ4v) is 5.46. The number of hydrogen-bond acceptors (Lipinski definition) is 5. The minimum absolute atomic E-state index is 0.193. The van der Waals surface area contributed by atoms with E-state index < -0.39 is 10.0 Å². The number of nitrogens with one attached hydrogen (secondary N) is 1. The predicted molar refractivity (Wildman–Crippen MR) is 123 cm³/mol. The zero-order valence-electron chi connectivity index (χ0n) is 19.1. The van der Waals surface area contributed by atoms with Gasteiger partial charge in [-0.3, -0.25) is 0 Å². The molecule has 0 aliphatic carbocycles. The first-order valence-corrected chi connectivity index (χ1v) is 12.0. The third-order valence-corrected chi connectivity index (χ3v) is 7.69. The van der Waals surface area contributed by atoms with Crippen LogP contribution in [0.4, 0.5) is 4.79 Å². The van der Waals surface area contributed by atoms with Gasteiger partial charge in [-0.15, -0.1) is 0 Å². The molecule has 9 heteroatoms. The number of rotatable bonds is 7. The van der Waals surface area contributed by atoms with Crippen LogP contribution in [0.3, 0.4) is 0 Å². The maximum absolute atomic E-state index is 13.1. The molecule has 1 heterocycles. The van der Waals surface area contributed by atoms with Crippen molar-refractivity contribution in [1.82, 2.24) is 14.5 Å². The van der Waals surface area contributed by atoms with E-state index in [-0.39, 0.29) is 19.1 Å². The molecule has 0 saturated carbocycles. The van der Waals surface area contributed by atoms with Gasteiger partial charge in [-0.25, -0.2) is 13.2 Å². The van der Waals surface area contributed by atoms with Crippen LogP contribution >= 0.6 is 0 Å². The number of carbonyl (C=O) groups excluding carboxylic acids is 1. The van der Waals surface area contributed by atoms with Gasteiger partial charge in [0.25, 0.3) is 0 Å². The highest BCUT2D eigenvalue weighted by molar-refractivity contribution is 7.89. The number of sulfonamides is 1. The third-order valence-electron chi connectivity index (χ3n) is 5.65. The summed E-state index contributed by atoms with van der Waals surface area (Å²) in [6.07, 6.45) is 0.611. The van der Waals surface area contributed by atoms with Crippen molar-refractivity contribution in [2.24, 2.45) is 0 Å².